The molecule has 0 bridgehead atoms. The lowest BCUT2D eigenvalue weighted by Gasteiger charge is -2.12. The zero-order valence-corrected chi connectivity index (χ0v) is 12.7. The Balaban J connectivity index is 1.60. The molecule has 3 nitrogen and oxygen atoms in total. The van der Waals surface area contributed by atoms with Gasteiger partial charge < -0.3 is 4.74 Å². The Bertz CT molecular complexity index is 604. The van der Waals surface area contributed by atoms with E-state index in [-0.39, 0.29) is 0 Å². The first-order chi connectivity index (χ1) is 10.9. The number of nitrogens with zero attached hydrogens (tertiary/aromatic N) is 1. The van der Waals surface area contributed by atoms with Crippen LogP contribution in [-0.2, 0) is 11.3 Å². The summed E-state index contributed by atoms with van der Waals surface area (Å²) in [6.45, 7) is 0.665. The number of hydrogen-bond acceptors (Lipinski definition) is 3. The Labute approximate surface area is 132 Å². The largest absolute Gasteiger partial charge is 0.374 e. The van der Waals surface area contributed by atoms with Crippen LogP contribution in [0.1, 0.15) is 36.8 Å². The van der Waals surface area contributed by atoms with Crippen molar-refractivity contribution in [3.8, 4) is 0 Å². The number of para-hydroxylation sites is 1. The van der Waals surface area contributed by atoms with E-state index < -0.39 is 0 Å². The molecule has 1 aliphatic carbocycles. The molecule has 0 aliphatic heterocycles. The molecule has 114 valence electrons. The highest BCUT2D eigenvalue weighted by molar-refractivity contribution is 5.82. The zero-order chi connectivity index (χ0) is 15.0. The van der Waals surface area contributed by atoms with Gasteiger partial charge >= 0.3 is 0 Å². The minimum Gasteiger partial charge on any atom is -0.374 e. The van der Waals surface area contributed by atoms with E-state index in [4.69, 9.17) is 4.74 Å². The van der Waals surface area contributed by atoms with Gasteiger partial charge in [-0.3, -0.25) is 5.43 Å². The van der Waals surface area contributed by atoms with E-state index in [1.165, 1.54) is 31.2 Å². The fourth-order valence-corrected chi connectivity index (χ4v) is 2.74. The lowest BCUT2D eigenvalue weighted by Crippen LogP contribution is -2.08. The van der Waals surface area contributed by atoms with E-state index >= 15 is 0 Å². The standard InChI is InChI=1S/C19H22N2O/c1-2-10-18(11-3-1)21-20-14-16-8-4-5-9-17(16)15-22-19-12-6-7-13-19/h1-5,8-11,14,19,21H,6-7,12-13,15H2. The summed E-state index contributed by atoms with van der Waals surface area (Å²) in [5.41, 5.74) is 6.32. The number of benzene rings is 2. The van der Waals surface area contributed by atoms with Crippen LogP contribution in [0.2, 0.25) is 0 Å². The van der Waals surface area contributed by atoms with E-state index in [2.05, 4.69) is 28.7 Å². The quantitative estimate of drug-likeness (QED) is 0.624. The normalized spacial score (nSPS) is 15.5. The third-order valence-corrected chi connectivity index (χ3v) is 4.00. The Hall–Kier alpha value is -2.13. The Kier molecular flexibility index (Phi) is 5.22. The van der Waals surface area contributed by atoms with Crippen LogP contribution in [0.3, 0.4) is 0 Å². The van der Waals surface area contributed by atoms with Gasteiger partial charge in [-0.25, -0.2) is 0 Å². The smallest absolute Gasteiger partial charge is 0.0726 e. The van der Waals surface area contributed by atoms with Gasteiger partial charge in [0.15, 0.2) is 0 Å². The van der Waals surface area contributed by atoms with Gasteiger partial charge in [-0.05, 0) is 30.5 Å². The van der Waals surface area contributed by atoms with Crippen LogP contribution in [0.25, 0.3) is 0 Å². The van der Waals surface area contributed by atoms with Crippen molar-refractivity contribution in [1.29, 1.82) is 0 Å². The maximum Gasteiger partial charge on any atom is 0.0726 e. The molecule has 0 atom stereocenters. The maximum atomic E-state index is 6.01. The lowest BCUT2D eigenvalue weighted by molar-refractivity contribution is 0.0456. The van der Waals surface area contributed by atoms with E-state index in [9.17, 15) is 0 Å². The van der Waals surface area contributed by atoms with Gasteiger partial charge in [0.1, 0.15) is 0 Å². The molecule has 0 saturated heterocycles. The predicted octanol–water partition coefficient (Wildman–Crippen LogP) is 4.59. The average Bonchev–Trinajstić information content (AvgIpc) is 3.08. The molecule has 1 saturated carbocycles. The molecule has 3 rings (SSSR count). The van der Waals surface area contributed by atoms with E-state index in [0.29, 0.717) is 12.7 Å². The summed E-state index contributed by atoms with van der Waals surface area (Å²) < 4.78 is 6.01. The van der Waals surface area contributed by atoms with E-state index in [1.54, 1.807) is 0 Å². The van der Waals surface area contributed by atoms with Crippen molar-refractivity contribution in [3.63, 3.8) is 0 Å². The molecule has 0 heterocycles. The van der Waals surface area contributed by atoms with Crippen molar-refractivity contribution in [3.05, 3.63) is 65.7 Å². The first-order valence-electron chi connectivity index (χ1n) is 7.95. The summed E-state index contributed by atoms with van der Waals surface area (Å²) in [6.07, 6.45) is 7.30. The maximum absolute atomic E-state index is 6.01. The Morgan fingerprint density at radius 1 is 1.00 bits per heavy atom. The molecular weight excluding hydrogens is 272 g/mol. The average molecular weight is 294 g/mol. The molecule has 1 N–H and O–H groups in total. The van der Waals surface area contributed by atoms with Crippen LogP contribution in [0, 0.1) is 0 Å². The summed E-state index contributed by atoms with van der Waals surface area (Å²) in [6, 6.07) is 18.2. The molecule has 2 aromatic rings. The molecule has 3 heteroatoms. The predicted molar refractivity (Wildman–Crippen MR) is 91.1 cm³/mol. The van der Waals surface area contributed by atoms with Crippen LogP contribution in [0.4, 0.5) is 5.69 Å². The van der Waals surface area contributed by atoms with Crippen LogP contribution < -0.4 is 5.43 Å². The molecule has 1 fully saturated rings. The number of anilines is 1. The molecule has 2 aromatic carbocycles. The highest BCUT2D eigenvalue weighted by atomic mass is 16.5. The Morgan fingerprint density at radius 2 is 1.73 bits per heavy atom. The molecule has 0 aromatic heterocycles. The SMILES string of the molecule is C(=NNc1ccccc1)c1ccccc1COC1CCCC1. The second-order valence-electron chi connectivity index (χ2n) is 5.65. The molecule has 0 amide bonds. The highest BCUT2D eigenvalue weighted by Crippen LogP contribution is 2.22. The summed E-state index contributed by atoms with van der Waals surface area (Å²) in [4.78, 5) is 0. The van der Waals surface area contributed by atoms with Gasteiger partial charge in [0.05, 0.1) is 24.6 Å². The lowest BCUT2D eigenvalue weighted by atomic mass is 10.1. The first-order valence-corrected chi connectivity index (χ1v) is 7.95. The van der Waals surface area contributed by atoms with Gasteiger partial charge in [-0.2, -0.15) is 5.10 Å². The van der Waals surface area contributed by atoms with E-state index in [1.807, 2.05) is 42.6 Å². The summed E-state index contributed by atoms with van der Waals surface area (Å²) in [5.74, 6) is 0. The number of hydrogen-bond donors (Lipinski definition) is 1. The first kappa shape index (κ1) is 14.8. The van der Waals surface area contributed by atoms with Gasteiger partial charge in [0.25, 0.3) is 0 Å². The summed E-state index contributed by atoms with van der Waals surface area (Å²) in [5, 5.41) is 4.32. The number of nitrogens with one attached hydrogen (secondary N) is 1. The molecule has 0 spiro atoms. The van der Waals surface area contributed by atoms with Crippen LogP contribution in [0.5, 0.6) is 0 Å². The van der Waals surface area contributed by atoms with Crippen molar-refractivity contribution in [2.45, 2.75) is 38.4 Å². The van der Waals surface area contributed by atoms with Gasteiger partial charge in [0, 0.05) is 5.56 Å². The minimum atomic E-state index is 0.437. The second-order valence-corrected chi connectivity index (χ2v) is 5.65. The summed E-state index contributed by atoms with van der Waals surface area (Å²) >= 11 is 0. The van der Waals surface area contributed by atoms with Gasteiger partial charge in [-0.15, -0.1) is 0 Å². The van der Waals surface area contributed by atoms with Gasteiger partial charge in [0.2, 0.25) is 0 Å². The fourth-order valence-electron chi connectivity index (χ4n) is 2.74. The number of ether oxygens (including phenoxy) is 1. The summed E-state index contributed by atoms with van der Waals surface area (Å²) in [7, 11) is 0. The minimum absolute atomic E-state index is 0.437. The number of hydrazone groups is 1. The molecule has 22 heavy (non-hydrogen) atoms. The van der Waals surface area contributed by atoms with E-state index in [0.717, 1.165) is 11.3 Å². The molecular formula is C19H22N2O. The highest BCUT2D eigenvalue weighted by Gasteiger charge is 2.15. The van der Waals surface area contributed by atoms with Crippen LogP contribution >= 0.6 is 0 Å². The third kappa shape index (κ3) is 4.18. The van der Waals surface area contributed by atoms with Crippen molar-refractivity contribution in [2.24, 2.45) is 5.10 Å². The van der Waals surface area contributed by atoms with Crippen molar-refractivity contribution in [1.82, 2.24) is 0 Å². The monoisotopic (exact) mass is 294 g/mol. The van der Waals surface area contributed by atoms with Crippen LogP contribution in [0.15, 0.2) is 59.7 Å². The molecule has 0 unspecified atom stereocenters. The second kappa shape index (κ2) is 7.76. The van der Waals surface area contributed by atoms with Crippen LogP contribution in [-0.4, -0.2) is 12.3 Å². The molecule has 1 aliphatic rings. The van der Waals surface area contributed by atoms with Gasteiger partial charge in [-0.1, -0.05) is 55.3 Å². The molecule has 0 radical (unpaired) electrons. The van der Waals surface area contributed by atoms with Crippen molar-refractivity contribution >= 4 is 11.9 Å². The third-order valence-electron chi connectivity index (χ3n) is 4.00. The topological polar surface area (TPSA) is 33.6 Å². The Morgan fingerprint density at radius 3 is 2.55 bits per heavy atom. The fraction of sp³-hybridized carbons (Fsp3) is 0.316. The number of rotatable bonds is 6. The van der Waals surface area contributed by atoms with Crippen molar-refractivity contribution < 1.29 is 4.74 Å². The van der Waals surface area contributed by atoms with Crippen molar-refractivity contribution in [2.75, 3.05) is 5.43 Å². The zero-order valence-electron chi connectivity index (χ0n) is 12.7.